The van der Waals surface area contributed by atoms with Crippen LogP contribution in [0.4, 0.5) is 5.69 Å². The summed E-state index contributed by atoms with van der Waals surface area (Å²) in [6.07, 6.45) is 2.89. The SMILES string of the molecule is CN(Cc1nnc(C(=O)Nc2ccccc2)s1)C[C@@H]1CCC[C@@H]1O. The third-order valence-electron chi connectivity index (χ3n) is 4.26. The largest absolute Gasteiger partial charge is 0.393 e. The molecule has 2 atom stereocenters. The fourth-order valence-corrected chi connectivity index (χ4v) is 3.86. The minimum atomic E-state index is -0.237. The molecule has 128 valence electrons. The number of benzene rings is 1. The quantitative estimate of drug-likeness (QED) is 0.840. The first-order chi connectivity index (χ1) is 11.6. The second kappa shape index (κ2) is 7.83. The monoisotopic (exact) mass is 346 g/mol. The van der Waals surface area contributed by atoms with Crippen molar-refractivity contribution in [2.45, 2.75) is 31.9 Å². The number of anilines is 1. The summed E-state index contributed by atoms with van der Waals surface area (Å²) < 4.78 is 0. The van der Waals surface area contributed by atoms with E-state index in [0.717, 1.165) is 36.5 Å². The first-order valence-electron chi connectivity index (χ1n) is 8.17. The lowest BCUT2D eigenvalue weighted by molar-refractivity contribution is 0.102. The number of hydrogen-bond donors (Lipinski definition) is 2. The molecule has 2 N–H and O–H groups in total. The zero-order valence-electron chi connectivity index (χ0n) is 13.7. The Bertz CT molecular complexity index is 676. The van der Waals surface area contributed by atoms with Crippen molar-refractivity contribution >= 4 is 22.9 Å². The van der Waals surface area contributed by atoms with Gasteiger partial charge in [-0.2, -0.15) is 0 Å². The number of aromatic nitrogens is 2. The van der Waals surface area contributed by atoms with E-state index in [2.05, 4.69) is 20.4 Å². The molecule has 0 spiro atoms. The van der Waals surface area contributed by atoms with Gasteiger partial charge in [-0.05, 0) is 37.9 Å². The molecule has 0 saturated heterocycles. The van der Waals surface area contributed by atoms with Gasteiger partial charge in [-0.25, -0.2) is 0 Å². The Labute approximate surface area is 145 Å². The first kappa shape index (κ1) is 17.0. The summed E-state index contributed by atoms with van der Waals surface area (Å²) in [6, 6.07) is 9.30. The number of rotatable bonds is 6. The maximum atomic E-state index is 12.2. The van der Waals surface area contributed by atoms with Gasteiger partial charge in [0.25, 0.3) is 5.91 Å². The number of aliphatic hydroxyl groups is 1. The molecule has 0 bridgehead atoms. The molecule has 1 fully saturated rings. The fourth-order valence-electron chi connectivity index (χ4n) is 3.04. The predicted molar refractivity (Wildman–Crippen MR) is 94.0 cm³/mol. The highest BCUT2D eigenvalue weighted by Gasteiger charge is 2.26. The smallest absolute Gasteiger partial charge is 0.286 e. The molecule has 1 heterocycles. The number of hydrogen-bond acceptors (Lipinski definition) is 6. The Kier molecular flexibility index (Phi) is 5.55. The van der Waals surface area contributed by atoms with E-state index in [1.807, 2.05) is 37.4 Å². The Morgan fingerprint density at radius 2 is 2.12 bits per heavy atom. The van der Waals surface area contributed by atoms with Crippen molar-refractivity contribution in [1.29, 1.82) is 0 Å². The van der Waals surface area contributed by atoms with E-state index in [9.17, 15) is 9.90 Å². The van der Waals surface area contributed by atoms with E-state index in [-0.39, 0.29) is 12.0 Å². The minimum Gasteiger partial charge on any atom is -0.393 e. The standard InChI is InChI=1S/C17H22N4O2S/c1-21(10-12-6-5-9-14(12)22)11-15-19-20-17(24-15)16(23)18-13-7-3-2-4-8-13/h2-4,7-8,12,14,22H,5-6,9-11H2,1H3,(H,18,23)/t12-,14-/m0/s1. The van der Waals surface area contributed by atoms with Crippen molar-refractivity contribution in [1.82, 2.24) is 15.1 Å². The first-order valence-corrected chi connectivity index (χ1v) is 8.99. The second-order valence-corrected chi connectivity index (χ2v) is 7.34. The number of nitrogens with zero attached hydrogens (tertiary/aromatic N) is 3. The lowest BCUT2D eigenvalue weighted by Gasteiger charge is -2.21. The molecule has 0 unspecified atom stereocenters. The normalized spacial score (nSPS) is 20.5. The molecule has 1 aliphatic rings. The molecule has 0 radical (unpaired) electrons. The van der Waals surface area contributed by atoms with Crippen molar-refractivity contribution in [3.8, 4) is 0 Å². The molecule has 1 amide bonds. The molecule has 1 aliphatic carbocycles. The maximum Gasteiger partial charge on any atom is 0.286 e. The molecular formula is C17H22N4O2S. The minimum absolute atomic E-state index is 0.186. The topological polar surface area (TPSA) is 78.4 Å². The van der Waals surface area contributed by atoms with Gasteiger partial charge in [0.2, 0.25) is 5.01 Å². The molecule has 1 aromatic carbocycles. The summed E-state index contributed by atoms with van der Waals surface area (Å²) >= 11 is 1.31. The molecule has 7 heteroatoms. The summed E-state index contributed by atoms with van der Waals surface area (Å²) in [5.74, 6) is 0.0996. The lowest BCUT2D eigenvalue weighted by Crippen LogP contribution is -2.29. The third-order valence-corrected chi connectivity index (χ3v) is 5.17. The molecule has 6 nitrogen and oxygen atoms in total. The zero-order chi connectivity index (χ0) is 16.9. The van der Waals surface area contributed by atoms with Crippen molar-refractivity contribution in [2.75, 3.05) is 18.9 Å². The number of para-hydroxylation sites is 1. The van der Waals surface area contributed by atoms with E-state index in [4.69, 9.17) is 0 Å². The molecule has 24 heavy (non-hydrogen) atoms. The average Bonchev–Trinajstić information content (AvgIpc) is 3.18. The number of nitrogens with one attached hydrogen (secondary N) is 1. The Morgan fingerprint density at radius 1 is 1.33 bits per heavy atom. The predicted octanol–water partition coefficient (Wildman–Crippen LogP) is 2.38. The van der Waals surface area contributed by atoms with Crippen molar-refractivity contribution in [3.05, 3.63) is 40.3 Å². The van der Waals surface area contributed by atoms with Crippen LogP contribution < -0.4 is 5.32 Å². The lowest BCUT2D eigenvalue weighted by atomic mass is 10.1. The van der Waals surface area contributed by atoms with Crippen LogP contribution in [0.1, 0.15) is 34.1 Å². The molecule has 3 rings (SSSR count). The molecule has 0 aliphatic heterocycles. The fraction of sp³-hybridized carbons (Fsp3) is 0.471. The Hall–Kier alpha value is -1.83. The van der Waals surface area contributed by atoms with Gasteiger partial charge in [-0.3, -0.25) is 9.69 Å². The van der Waals surface area contributed by atoms with Gasteiger partial charge in [0.05, 0.1) is 12.6 Å². The van der Waals surface area contributed by atoms with Crippen LogP contribution in [-0.2, 0) is 6.54 Å². The van der Waals surface area contributed by atoms with Gasteiger partial charge in [0.1, 0.15) is 5.01 Å². The van der Waals surface area contributed by atoms with Crippen molar-refractivity contribution in [2.24, 2.45) is 5.92 Å². The summed E-state index contributed by atoms with van der Waals surface area (Å²) in [4.78, 5) is 14.3. The number of aliphatic hydroxyl groups excluding tert-OH is 1. The zero-order valence-corrected chi connectivity index (χ0v) is 14.5. The van der Waals surface area contributed by atoms with Gasteiger partial charge in [0.15, 0.2) is 0 Å². The van der Waals surface area contributed by atoms with Crippen LogP contribution in [0.25, 0.3) is 0 Å². The summed E-state index contributed by atoms with van der Waals surface area (Å²) in [7, 11) is 2.01. The van der Waals surface area contributed by atoms with Crippen LogP contribution >= 0.6 is 11.3 Å². The van der Waals surface area contributed by atoms with E-state index < -0.39 is 0 Å². The summed E-state index contributed by atoms with van der Waals surface area (Å²) in [6.45, 7) is 1.48. The van der Waals surface area contributed by atoms with Gasteiger partial charge in [0, 0.05) is 12.2 Å². The van der Waals surface area contributed by atoms with Crippen LogP contribution in [0.2, 0.25) is 0 Å². The number of amides is 1. The molecule has 1 aromatic heterocycles. The van der Waals surface area contributed by atoms with E-state index in [1.165, 1.54) is 11.3 Å². The van der Waals surface area contributed by atoms with Gasteiger partial charge in [-0.1, -0.05) is 36.0 Å². The highest BCUT2D eigenvalue weighted by atomic mass is 32.1. The number of carbonyl (C=O) groups excluding carboxylic acids is 1. The third kappa shape index (κ3) is 4.37. The van der Waals surface area contributed by atoms with Gasteiger partial charge < -0.3 is 10.4 Å². The molecule has 2 aromatic rings. The average molecular weight is 346 g/mol. The van der Waals surface area contributed by atoms with E-state index >= 15 is 0 Å². The van der Waals surface area contributed by atoms with Crippen LogP contribution in [0.3, 0.4) is 0 Å². The van der Waals surface area contributed by atoms with Crippen LogP contribution in [0, 0.1) is 5.92 Å². The van der Waals surface area contributed by atoms with E-state index in [1.54, 1.807) is 0 Å². The molecular weight excluding hydrogens is 324 g/mol. The van der Waals surface area contributed by atoms with Crippen molar-refractivity contribution in [3.63, 3.8) is 0 Å². The van der Waals surface area contributed by atoms with Crippen molar-refractivity contribution < 1.29 is 9.90 Å². The van der Waals surface area contributed by atoms with Gasteiger partial charge >= 0.3 is 0 Å². The number of carbonyl (C=O) groups is 1. The Morgan fingerprint density at radius 3 is 2.83 bits per heavy atom. The van der Waals surface area contributed by atoms with Gasteiger partial charge in [-0.15, -0.1) is 10.2 Å². The summed E-state index contributed by atoms with van der Waals surface area (Å²) in [5, 5.41) is 22.0. The van der Waals surface area contributed by atoms with Crippen LogP contribution in [0.5, 0.6) is 0 Å². The Balaban J connectivity index is 1.54. The summed E-state index contributed by atoms with van der Waals surface area (Å²) in [5.41, 5.74) is 0.742. The molecule has 1 saturated carbocycles. The highest BCUT2D eigenvalue weighted by molar-refractivity contribution is 7.13. The maximum absolute atomic E-state index is 12.2. The highest BCUT2D eigenvalue weighted by Crippen LogP contribution is 2.26. The van der Waals surface area contributed by atoms with Crippen LogP contribution in [-0.4, -0.2) is 45.8 Å². The second-order valence-electron chi connectivity index (χ2n) is 6.28. The van der Waals surface area contributed by atoms with Crippen LogP contribution in [0.15, 0.2) is 30.3 Å². The van der Waals surface area contributed by atoms with E-state index in [0.29, 0.717) is 17.5 Å².